The Kier molecular flexibility index (Phi) is 5.39. The van der Waals surface area contributed by atoms with Gasteiger partial charge in [0.15, 0.2) is 0 Å². The molecule has 1 aliphatic heterocycles. The minimum absolute atomic E-state index is 0.833. The first-order chi connectivity index (χ1) is 8.75. The maximum atomic E-state index is 3.59. The molecule has 18 heavy (non-hydrogen) atoms. The van der Waals surface area contributed by atoms with E-state index in [2.05, 4.69) is 60.3 Å². The summed E-state index contributed by atoms with van der Waals surface area (Å²) in [5.74, 6) is 1.35. The Morgan fingerprint density at radius 3 is 2.61 bits per heavy atom. The second kappa shape index (κ2) is 7.05. The van der Waals surface area contributed by atoms with Gasteiger partial charge in [0.05, 0.1) is 0 Å². The lowest BCUT2D eigenvalue weighted by molar-refractivity contribution is 0.598. The van der Waals surface area contributed by atoms with Crippen LogP contribution >= 0.6 is 11.8 Å². The maximum absolute atomic E-state index is 3.59. The highest BCUT2D eigenvalue weighted by atomic mass is 32.2. The molecule has 3 heteroatoms. The van der Waals surface area contributed by atoms with E-state index >= 15 is 0 Å². The fourth-order valence-electron chi connectivity index (χ4n) is 2.26. The van der Waals surface area contributed by atoms with Crippen LogP contribution in [0.5, 0.6) is 0 Å². The summed E-state index contributed by atoms with van der Waals surface area (Å²) in [5.41, 5.74) is 2.64. The van der Waals surface area contributed by atoms with E-state index in [0.29, 0.717) is 0 Å². The van der Waals surface area contributed by atoms with E-state index < -0.39 is 0 Å². The summed E-state index contributed by atoms with van der Waals surface area (Å²) in [6.07, 6.45) is 4.21. The van der Waals surface area contributed by atoms with Gasteiger partial charge in [0.1, 0.15) is 0 Å². The van der Waals surface area contributed by atoms with Crippen LogP contribution in [0.25, 0.3) is 0 Å². The van der Waals surface area contributed by atoms with Crippen LogP contribution in [0, 0.1) is 0 Å². The zero-order chi connectivity index (χ0) is 12.8. The lowest BCUT2D eigenvalue weighted by Crippen LogP contribution is -2.26. The summed E-state index contributed by atoms with van der Waals surface area (Å²) in [6, 6.07) is 8.81. The van der Waals surface area contributed by atoms with Gasteiger partial charge in [0, 0.05) is 38.1 Å². The molecule has 2 rings (SSSR count). The van der Waals surface area contributed by atoms with Gasteiger partial charge in [-0.2, -0.15) is 11.8 Å². The summed E-state index contributed by atoms with van der Waals surface area (Å²) >= 11 is 2.14. The molecule has 1 unspecified atom stereocenters. The predicted molar refractivity (Wildman–Crippen MR) is 82.6 cm³/mol. The summed E-state index contributed by atoms with van der Waals surface area (Å²) in [7, 11) is 4.15. The average molecular weight is 264 g/mol. The van der Waals surface area contributed by atoms with Crippen LogP contribution in [0.3, 0.4) is 0 Å². The Bertz CT molecular complexity index is 342. The topological polar surface area (TPSA) is 15.3 Å². The van der Waals surface area contributed by atoms with Gasteiger partial charge in [-0.1, -0.05) is 18.6 Å². The molecule has 0 aliphatic carbocycles. The Balaban J connectivity index is 1.72. The van der Waals surface area contributed by atoms with Crippen molar-refractivity contribution < 1.29 is 0 Å². The molecule has 2 nitrogen and oxygen atoms in total. The number of hydrogen-bond acceptors (Lipinski definition) is 3. The molecule has 0 spiro atoms. The van der Waals surface area contributed by atoms with Crippen molar-refractivity contribution in [2.75, 3.05) is 31.3 Å². The quantitative estimate of drug-likeness (QED) is 0.879. The van der Waals surface area contributed by atoms with Crippen LogP contribution in [0.15, 0.2) is 24.3 Å². The Hall–Kier alpha value is -0.670. The van der Waals surface area contributed by atoms with E-state index in [0.717, 1.165) is 18.3 Å². The van der Waals surface area contributed by atoms with Gasteiger partial charge in [0.25, 0.3) is 0 Å². The highest BCUT2D eigenvalue weighted by Gasteiger charge is 2.12. The largest absolute Gasteiger partial charge is 0.378 e. The van der Waals surface area contributed by atoms with Gasteiger partial charge >= 0.3 is 0 Å². The minimum atomic E-state index is 0.833. The average Bonchev–Trinajstić information content (AvgIpc) is 2.40. The zero-order valence-corrected chi connectivity index (χ0v) is 12.3. The van der Waals surface area contributed by atoms with Crippen LogP contribution in [0.1, 0.15) is 24.8 Å². The van der Waals surface area contributed by atoms with Crippen molar-refractivity contribution >= 4 is 17.4 Å². The van der Waals surface area contributed by atoms with Crippen molar-refractivity contribution in [3.63, 3.8) is 0 Å². The first-order valence-electron chi connectivity index (χ1n) is 6.84. The molecule has 100 valence electrons. The molecular formula is C15H24N2S. The molecule has 1 N–H and O–H groups in total. The monoisotopic (exact) mass is 264 g/mol. The summed E-state index contributed by atoms with van der Waals surface area (Å²) < 4.78 is 0. The molecule has 1 saturated heterocycles. The van der Waals surface area contributed by atoms with Crippen LogP contribution in [0.4, 0.5) is 5.69 Å². The van der Waals surface area contributed by atoms with Crippen molar-refractivity contribution in [3.05, 3.63) is 29.8 Å². The highest BCUT2D eigenvalue weighted by Crippen LogP contribution is 2.24. The fourth-order valence-corrected chi connectivity index (χ4v) is 3.53. The van der Waals surface area contributed by atoms with Crippen molar-refractivity contribution in [2.24, 2.45) is 0 Å². The minimum Gasteiger partial charge on any atom is -0.378 e. The van der Waals surface area contributed by atoms with Crippen molar-refractivity contribution in [3.8, 4) is 0 Å². The standard InChI is InChI=1S/C15H24N2S/c1-17(2)14-8-6-13(7-9-14)11-16-12-15-5-3-4-10-18-15/h6-9,15-16H,3-5,10-12H2,1-2H3. The first kappa shape index (κ1) is 13.8. The Labute approximate surface area is 115 Å². The number of nitrogens with one attached hydrogen (secondary N) is 1. The molecule has 0 saturated carbocycles. The highest BCUT2D eigenvalue weighted by molar-refractivity contribution is 7.99. The van der Waals surface area contributed by atoms with E-state index in [4.69, 9.17) is 0 Å². The van der Waals surface area contributed by atoms with E-state index in [9.17, 15) is 0 Å². The van der Waals surface area contributed by atoms with E-state index in [-0.39, 0.29) is 0 Å². The molecule has 1 aliphatic rings. The number of thioether (sulfide) groups is 1. The second-order valence-corrected chi connectivity index (χ2v) is 6.59. The lowest BCUT2D eigenvalue weighted by atomic mass is 10.1. The van der Waals surface area contributed by atoms with Gasteiger partial charge in [-0.3, -0.25) is 0 Å². The third kappa shape index (κ3) is 4.21. The van der Waals surface area contributed by atoms with Gasteiger partial charge in [-0.15, -0.1) is 0 Å². The molecule has 0 amide bonds. The van der Waals surface area contributed by atoms with E-state index in [1.165, 1.54) is 36.3 Å². The van der Waals surface area contributed by atoms with E-state index in [1.54, 1.807) is 0 Å². The summed E-state index contributed by atoms with van der Waals surface area (Å²) in [6.45, 7) is 2.14. The number of benzene rings is 1. The second-order valence-electron chi connectivity index (χ2n) is 5.18. The predicted octanol–water partition coefficient (Wildman–Crippen LogP) is 3.13. The molecule has 0 bridgehead atoms. The molecule has 0 aromatic heterocycles. The molecule has 0 radical (unpaired) electrons. The number of hydrogen-bond donors (Lipinski definition) is 1. The molecule has 1 atom stereocenters. The summed E-state index contributed by atoms with van der Waals surface area (Å²) in [5, 5.41) is 4.42. The first-order valence-corrected chi connectivity index (χ1v) is 7.89. The van der Waals surface area contributed by atoms with Crippen molar-refractivity contribution in [2.45, 2.75) is 31.1 Å². The number of anilines is 1. The lowest BCUT2D eigenvalue weighted by Gasteiger charge is -2.21. The molecule has 1 aromatic rings. The zero-order valence-electron chi connectivity index (χ0n) is 11.5. The maximum Gasteiger partial charge on any atom is 0.0361 e. The van der Waals surface area contributed by atoms with Gasteiger partial charge in [-0.25, -0.2) is 0 Å². The third-order valence-corrected chi connectivity index (χ3v) is 4.83. The number of nitrogens with zero attached hydrogens (tertiary/aromatic N) is 1. The normalized spacial score (nSPS) is 19.8. The fraction of sp³-hybridized carbons (Fsp3) is 0.600. The Morgan fingerprint density at radius 2 is 2.00 bits per heavy atom. The molecular weight excluding hydrogens is 240 g/mol. The van der Waals surface area contributed by atoms with Gasteiger partial charge in [0.2, 0.25) is 0 Å². The van der Waals surface area contributed by atoms with Crippen LogP contribution < -0.4 is 10.2 Å². The molecule has 1 aromatic carbocycles. The molecule has 1 fully saturated rings. The third-order valence-electron chi connectivity index (χ3n) is 3.43. The van der Waals surface area contributed by atoms with Crippen LogP contribution in [-0.2, 0) is 6.54 Å². The van der Waals surface area contributed by atoms with Crippen molar-refractivity contribution in [1.29, 1.82) is 0 Å². The SMILES string of the molecule is CN(C)c1ccc(CNCC2CCCCS2)cc1. The van der Waals surface area contributed by atoms with Crippen molar-refractivity contribution in [1.82, 2.24) is 5.32 Å². The van der Waals surface area contributed by atoms with Crippen LogP contribution in [-0.4, -0.2) is 31.6 Å². The van der Waals surface area contributed by atoms with Gasteiger partial charge < -0.3 is 10.2 Å². The van der Waals surface area contributed by atoms with E-state index in [1.807, 2.05) is 0 Å². The molecule has 1 heterocycles. The summed E-state index contributed by atoms with van der Waals surface area (Å²) in [4.78, 5) is 2.13. The Morgan fingerprint density at radius 1 is 1.22 bits per heavy atom. The van der Waals surface area contributed by atoms with Crippen LogP contribution in [0.2, 0.25) is 0 Å². The van der Waals surface area contributed by atoms with Gasteiger partial charge in [-0.05, 0) is 36.3 Å². The smallest absolute Gasteiger partial charge is 0.0361 e. The number of rotatable bonds is 5.